The minimum atomic E-state index is -0.0677. The van der Waals surface area contributed by atoms with E-state index in [0.717, 1.165) is 31.5 Å². The van der Waals surface area contributed by atoms with Crippen molar-refractivity contribution in [1.82, 2.24) is 10.6 Å². The highest BCUT2D eigenvalue weighted by molar-refractivity contribution is 6.33. The molecular formula is C13H18Cl2N2O. The highest BCUT2D eigenvalue weighted by Gasteiger charge is 2.17. The number of aryl methyl sites for hydroxylation is 1. The van der Waals surface area contributed by atoms with Crippen LogP contribution in [0, 0.1) is 6.92 Å². The molecule has 100 valence electrons. The van der Waals surface area contributed by atoms with Crippen molar-refractivity contribution in [3.8, 4) is 0 Å². The van der Waals surface area contributed by atoms with Crippen LogP contribution in [0.5, 0.6) is 0 Å². The fraction of sp³-hybridized carbons (Fsp3) is 0.462. The average molecular weight is 289 g/mol. The molecule has 0 saturated carbocycles. The van der Waals surface area contributed by atoms with Gasteiger partial charge in [0.05, 0.1) is 10.6 Å². The maximum atomic E-state index is 12.0. The summed E-state index contributed by atoms with van der Waals surface area (Å²) in [5.41, 5.74) is 1.63. The number of amides is 1. The lowest BCUT2D eigenvalue weighted by Gasteiger charge is -2.23. The van der Waals surface area contributed by atoms with Gasteiger partial charge < -0.3 is 10.6 Å². The zero-order chi connectivity index (χ0) is 12.3. The number of halogens is 2. The van der Waals surface area contributed by atoms with Crippen LogP contribution in [0.1, 0.15) is 28.8 Å². The molecule has 5 heteroatoms. The molecule has 18 heavy (non-hydrogen) atoms. The third kappa shape index (κ3) is 3.87. The lowest BCUT2D eigenvalue weighted by atomic mass is 10.1. The predicted molar refractivity (Wildman–Crippen MR) is 76.8 cm³/mol. The topological polar surface area (TPSA) is 41.1 Å². The van der Waals surface area contributed by atoms with E-state index in [1.54, 1.807) is 6.07 Å². The molecule has 0 spiro atoms. The van der Waals surface area contributed by atoms with Crippen molar-refractivity contribution in [2.75, 3.05) is 13.1 Å². The number of carbonyl (C=O) groups is 1. The van der Waals surface area contributed by atoms with Gasteiger partial charge in [0.15, 0.2) is 0 Å². The summed E-state index contributed by atoms with van der Waals surface area (Å²) in [6.07, 6.45) is 1.96. The Balaban J connectivity index is 0.00000162. The van der Waals surface area contributed by atoms with E-state index < -0.39 is 0 Å². The molecule has 1 fully saturated rings. The van der Waals surface area contributed by atoms with Crippen LogP contribution in [0.25, 0.3) is 0 Å². The molecule has 0 aliphatic carbocycles. The summed E-state index contributed by atoms with van der Waals surface area (Å²) >= 11 is 6.07. The van der Waals surface area contributed by atoms with Crippen molar-refractivity contribution in [2.45, 2.75) is 25.8 Å². The SMILES string of the molecule is Cc1ccc(C(=O)NC2CCNCC2)c(Cl)c1.Cl. The molecule has 1 saturated heterocycles. The lowest BCUT2D eigenvalue weighted by Crippen LogP contribution is -2.42. The summed E-state index contributed by atoms with van der Waals surface area (Å²) in [7, 11) is 0. The smallest absolute Gasteiger partial charge is 0.253 e. The van der Waals surface area contributed by atoms with Crippen LogP contribution in [0.3, 0.4) is 0 Å². The van der Waals surface area contributed by atoms with E-state index in [-0.39, 0.29) is 24.4 Å². The standard InChI is InChI=1S/C13H17ClN2O.ClH/c1-9-2-3-11(12(14)8-9)13(17)16-10-4-6-15-7-5-10;/h2-3,8,10,15H,4-7H2,1H3,(H,16,17);1H. The lowest BCUT2D eigenvalue weighted by molar-refractivity contribution is 0.0929. The molecule has 3 nitrogen and oxygen atoms in total. The van der Waals surface area contributed by atoms with E-state index in [2.05, 4.69) is 10.6 Å². The summed E-state index contributed by atoms with van der Waals surface area (Å²) in [4.78, 5) is 12.0. The van der Waals surface area contributed by atoms with Crippen LogP contribution in [0.4, 0.5) is 0 Å². The summed E-state index contributed by atoms with van der Waals surface area (Å²) in [6.45, 7) is 3.89. The van der Waals surface area contributed by atoms with Gasteiger partial charge in [0.25, 0.3) is 5.91 Å². The van der Waals surface area contributed by atoms with Crippen LogP contribution in [0.15, 0.2) is 18.2 Å². The molecule has 0 bridgehead atoms. The van der Waals surface area contributed by atoms with Crippen molar-refractivity contribution >= 4 is 29.9 Å². The molecule has 1 aliphatic heterocycles. The third-order valence-corrected chi connectivity index (χ3v) is 3.36. The monoisotopic (exact) mass is 288 g/mol. The van der Waals surface area contributed by atoms with Crippen LogP contribution < -0.4 is 10.6 Å². The van der Waals surface area contributed by atoms with E-state index in [9.17, 15) is 4.79 Å². The maximum Gasteiger partial charge on any atom is 0.253 e. The van der Waals surface area contributed by atoms with Gasteiger partial charge in [0, 0.05) is 6.04 Å². The minimum Gasteiger partial charge on any atom is -0.349 e. The Kier molecular flexibility index (Phi) is 5.93. The summed E-state index contributed by atoms with van der Waals surface area (Å²) < 4.78 is 0. The van der Waals surface area contributed by atoms with Gasteiger partial charge in [-0.15, -0.1) is 12.4 Å². The zero-order valence-corrected chi connectivity index (χ0v) is 11.9. The highest BCUT2D eigenvalue weighted by Crippen LogP contribution is 2.18. The Bertz CT molecular complexity index is 417. The van der Waals surface area contributed by atoms with Gasteiger partial charge in [-0.1, -0.05) is 17.7 Å². The van der Waals surface area contributed by atoms with Gasteiger partial charge in [0.2, 0.25) is 0 Å². The van der Waals surface area contributed by atoms with Gasteiger partial charge >= 0.3 is 0 Å². The van der Waals surface area contributed by atoms with Gasteiger partial charge in [0.1, 0.15) is 0 Å². The van der Waals surface area contributed by atoms with Crippen molar-refractivity contribution in [3.05, 3.63) is 34.3 Å². The highest BCUT2D eigenvalue weighted by atomic mass is 35.5. The average Bonchev–Trinajstić information content (AvgIpc) is 2.30. The first-order valence-electron chi connectivity index (χ1n) is 5.94. The molecule has 2 N–H and O–H groups in total. The second kappa shape index (κ2) is 6.98. The van der Waals surface area contributed by atoms with Gasteiger partial charge in [-0.2, -0.15) is 0 Å². The number of carbonyl (C=O) groups excluding carboxylic acids is 1. The molecule has 0 unspecified atom stereocenters. The van der Waals surface area contributed by atoms with Crippen LogP contribution >= 0.6 is 24.0 Å². The van der Waals surface area contributed by atoms with E-state index in [4.69, 9.17) is 11.6 Å². The van der Waals surface area contributed by atoms with E-state index in [0.29, 0.717) is 10.6 Å². The number of rotatable bonds is 2. The van der Waals surface area contributed by atoms with Crippen LogP contribution in [-0.4, -0.2) is 25.0 Å². The quantitative estimate of drug-likeness (QED) is 0.878. The van der Waals surface area contributed by atoms with E-state index in [1.807, 2.05) is 19.1 Å². The number of benzene rings is 1. The maximum absolute atomic E-state index is 12.0. The predicted octanol–water partition coefficient (Wildman–Crippen LogP) is 2.55. The van der Waals surface area contributed by atoms with Crippen molar-refractivity contribution in [1.29, 1.82) is 0 Å². The summed E-state index contributed by atoms with van der Waals surface area (Å²) in [6, 6.07) is 5.78. The molecule has 1 amide bonds. The largest absolute Gasteiger partial charge is 0.349 e. The van der Waals surface area contributed by atoms with Gasteiger partial charge in [-0.3, -0.25) is 4.79 Å². The number of hydrogen-bond donors (Lipinski definition) is 2. The van der Waals surface area contributed by atoms with Crippen molar-refractivity contribution < 1.29 is 4.79 Å². The zero-order valence-electron chi connectivity index (χ0n) is 10.3. The van der Waals surface area contributed by atoms with Crippen molar-refractivity contribution in [2.24, 2.45) is 0 Å². The molecule has 1 heterocycles. The molecule has 0 aromatic heterocycles. The Morgan fingerprint density at radius 1 is 1.39 bits per heavy atom. The Morgan fingerprint density at radius 3 is 2.67 bits per heavy atom. The van der Waals surface area contributed by atoms with Crippen LogP contribution in [-0.2, 0) is 0 Å². The Labute approximate surface area is 119 Å². The first kappa shape index (κ1) is 15.3. The number of nitrogens with one attached hydrogen (secondary N) is 2. The summed E-state index contributed by atoms with van der Waals surface area (Å²) in [5.74, 6) is -0.0677. The number of piperidine rings is 1. The second-order valence-electron chi connectivity index (χ2n) is 4.48. The Hall–Kier alpha value is -0.770. The molecule has 0 atom stereocenters. The molecule has 1 aliphatic rings. The molecular weight excluding hydrogens is 271 g/mol. The van der Waals surface area contributed by atoms with E-state index >= 15 is 0 Å². The van der Waals surface area contributed by atoms with E-state index in [1.165, 1.54) is 0 Å². The molecule has 2 rings (SSSR count). The first-order valence-corrected chi connectivity index (χ1v) is 6.32. The normalized spacial score (nSPS) is 15.9. The molecule has 1 aromatic rings. The Morgan fingerprint density at radius 2 is 2.06 bits per heavy atom. The van der Waals surface area contributed by atoms with Gasteiger partial charge in [-0.05, 0) is 50.6 Å². The van der Waals surface area contributed by atoms with Gasteiger partial charge in [-0.25, -0.2) is 0 Å². The fourth-order valence-electron chi connectivity index (χ4n) is 2.03. The third-order valence-electron chi connectivity index (χ3n) is 3.04. The molecule has 1 aromatic carbocycles. The van der Waals surface area contributed by atoms with Crippen LogP contribution in [0.2, 0.25) is 5.02 Å². The minimum absolute atomic E-state index is 0. The second-order valence-corrected chi connectivity index (χ2v) is 4.89. The number of hydrogen-bond acceptors (Lipinski definition) is 2. The molecule has 0 radical (unpaired) electrons. The first-order chi connectivity index (χ1) is 8.16. The van der Waals surface area contributed by atoms with Crippen molar-refractivity contribution in [3.63, 3.8) is 0 Å². The summed E-state index contributed by atoms with van der Waals surface area (Å²) in [5, 5.41) is 6.83. The fourth-order valence-corrected chi connectivity index (χ4v) is 2.35.